The number of hydrogen-bond donors (Lipinski definition) is 1. The Morgan fingerprint density at radius 2 is 1.81 bits per heavy atom. The largest absolute Gasteiger partial charge is 0.352 e. The minimum atomic E-state index is -0.290. The maximum atomic E-state index is 13.8. The maximum Gasteiger partial charge on any atom is 0.260 e. The van der Waals surface area contributed by atoms with Crippen molar-refractivity contribution in [1.82, 2.24) is 10.2 Å². The normalized spacial score (nSPS) is 22.5. The molecule has 4 nitrogen and oxygen atoms in total. The zero-order valence-electron chi connectivity index (χ0n) is 20.9. The van der Waals surface area contributed by atoms with Gasteiger partial charge in [0, 0.05) is 30.3 Å². The Balaban J connectivity index is 1.35. The zero-order chi connectivity index (χ0) is 25.8. The molecule has 2 aliphatic rings. The van der Waals surface area contributed by atoms with Crippen LogP contribution in [0.25, 0.3) is 6.08 Å². The lowest BCUT2D eigenvalue weighted by molar-refractivity contribution is -0.133. The number of fused-ring (bicyclic) bond motifs is 1. The highest BCUT2D eigenvalue weighted by Crippen LogP contribution is 2.44. The number of amides is 2. The molecular formula is C31H31FN2O2S. The molecule has 37 heavy (non-hydrogen) atoms. The van der Waals surface area contributed by atoms with Crippen molar-refractivity contribution in [3.8, 4) is 0 Å². The number of halogens is 1. The Hall–Kier alpha value is -3.38. The Morgan fingerprint density at radius 3 is 2.57 bits per heavy atom. The first-order chi connectivity index (χ1) is 18.0. The summed E-state index contributed by atoms with van der Waals surface area (Å²) >= 11 is 1.66. The number of thioether (sulfide) groups is 1. The van der Waals surface area contributed by atoms with Crippen LogP contribution in [0.3, 0.4) is 0 Å². The Bertz CT molecular complexity index is 1290. The van der Waals surface area contributed by atoms with Crippen LogP contribution in [0.2, 0.25) is 0 Å². The molecule has 1 aliphatic heterocycles. The molecule has 1 saturated heterocycles. The van der Waals surface area contributed by atoms with E-state index in [0.717, 1.165) is 40.0 Å². The van der Waals surface area contributed by atoms with Crippen LogP contribution in [0, 0.1) is 18.7 Å². The van der Waals surface area contributed by atoms with E-state index in [0.29, 0.717) is 19.5 Å². The molecule has 190 valence electrons. The summed E-state index contributed by atoms with van der Waals surface area (Å²) in [6, 6.07) is 24.4. The van der Waals surface area contributed by atoms with Gasteiger partial charge < -0.3 is 10.2 Å². The Kier molecular flexibility index (Phi) is 7.75. The van der Waals surface area contributed by atoms with Crippen LogP contribution in [0.15, 0.2) is 83.8 Å². The fourth-order valence-corrected chi connectivity index (χ4v) is 6.67. The van der Waals surface area contributed by atoms with Crippen molar-refractivity contribution in [1.29, 1.82) is 0 Å². The topological polar surface area (TPSA) is 49.4 Å². The van der Waals surface area contributed by atoms with Gasteiger partial charge in [0.15, 0.2) is 0 Å². The monoisotopic (exact) mass is 514 g/mol. The number of rotatable bonds is 6. The van der Waals surface area contributed by atoms with Gasteiger partial charge >= 0.3 is 0 Å². The molecule has 2 fully saturated rings. The Labute approximate surface area is 222 Å². The van der Waals surface area contributed by atoms with Crippen LogP contribution in [-0.2, 0) is 22.7 Å². The standard InChI is InChI=1S/C31H31FN2O2S/c1-21-6-5-9-24(16-21)20-34-27-18-25(30(35)33-19-23-10-13-26(32)14-11-23)12-15-28(27)37-29(31(34)36)17-22-7-3-2-4-8-22/h2-11,13-14,16-17,25,27-28H,12,15,18-20H2,1H3,(H,33,35)/b29-17-. The number of carbonyl (C=O) groups excluding carboxylic acids is 2. The third-order valence-electron chi connectivity index (χ3n) is 7.19. The molecule has 1 aliphatic carbocycles. The lowest BCUT2D eigenvalue weighted by Gasteiger charge is -2.46. The summed E-state index contributed by atoms with van der Waals surface area (Å²) in [6.07, 6.45) is 4.29. The van der Waals surface area contributed by atoms with E-state index in [1.165, 1.54) is 12.1 Å². The van der Waals surface area contributed by atoms with Gasteiger partial charge in [-0.15, -0.1) is 11.8 Å². The fourth-order valence-electron chi connectivity index (χ4n) is 5.26. The van der Waals surface area contributed by atoms with Crippen LogP contribution in [0.1, 0.15) is 41.5 Å². The van der Waals surface area contributed by atoms with E-state index in [-0.39, 0.29) is 34.8 Å². The number of aryl methyl sites for hydroxylation is 1. The number of nitrogens with one attached hydrogen (secondary N) is 1. The lowest BCUT2D eigenvalue weighted by atomic mass is 9.83. The first-order valence-electron chi connectivity index (χ1n) is 12.8. The van der Waals surface area contributed by atoms with Gasteiger partial charge in [-0.2, -0.15) is 0 Å². The average Bonchev–Trinajstić information content (AvgIpc) is 2.91. The summed E-state index contributed by atoms with van der Waals surface area (Å²) in [4.78, 5) is 29.7. The van der Waals surface area contributed by atoms with Crippen LogP contribution < -0.4 is 5.32 Å². The van der Waals surface area contributed by atoms with Crippen LogP contribution in [0.4, 0.5) is 4.39 Å². The minimum absolute atomic E-state index is 0.00125. The number of carbonyl (C=O) groups is 2. The number of benzene rings is 3. The van der Waals surface area contributed by atoms with E-state index in [1.54, 1.807) is 23.9 Å². The van der Waals surface area contributed by atoms with Crippen LogP contribution in [-0.4, -0.2) is 28.0 Å². The van der Waals surface area contributed by atoms with Gasteiger partial charge in [-0.3, -0.25) is 9.59 Å². The lowest BCUT2D eigenvalue weighted by Crippen LogP contribution is -2.53. The molecule has 0 radical (unpaired) electrons. The number of nitrogens with zero attached hydrogens (tertiary/aromatic N) is 1. The third-order valence-corrected chi connectivity index (χ3v) is 8.59. The summed E-state index contributed by atoms with van der Waals surface area (Å²) in [5.74, 6) is -0.414. The first kappa shape index (κ1) is 25.3. The van der Waals surface area contributed by atoms with E-state index in [2.05, 4.69) is 30.4 Å². The predicted octanol–water partition coefficient (Wildman–Crippen LogP) is 6.10. The molecule has 0 aromatic heterocycles. The highest BCUT2D eigenvalue weighted by molar-refractivity contribution is 8.04. The zero-order valence-corrected chi connectivity index (χ0v) is 21.7. The van der Waals surface area contributed by atoms with Gasteiger partial charge in [-0.25, -0.2) is 4.39 Å². The van der Waals surface area contributed by atoms with Gasteiger partial charge in [-0.05, 0) is 61.1 Å². The van der Waals surface area contributed by atoms with Crippen molar-refractivity contribution >= 4 is 29.7 Å². The van der Waals surface area contributed by atoms with E-state index in [1.807, 2.05) is 47.4 Å². The average molecular weight is 515 g/mol. The second-order valence-electron chi connectivity index (χ2n) is 9.92. The van der Waals surface area contributed by atoms with Gasteiger partial charge in [0.1, 0.15) is 5.82 Å². The predicted molar refractivity (Wildman–Crippen MR) is 147 cm³/mol. The molecule has 0 spiro atoms. The molecule has 3 unspecified atom stereocenters. The number of hydrogen-bond acceptors (Lipinski definition) is 3. The molecule has 1 N–H and O–H groups in total. The van der Waals surface area contributed by atoms with Crippen molar-refractivity contribution < 1.29 is 14.0 Å². The SMILES string of the molecule is Cc1cccc(CN2C(=O)/C(=C/c3ccccc3)SC3CCC(C(=O)NCc4ccc(F)cc4)CC32)c1. The van der Waals surface area contributed by atoms with Gasteiger partial charge in [-0.1, -0.05) is 72.3 Å². The maximum absolute atomic E-state index is 13.8. The fraction of sp³-hybridized carbons (Fsp3) is 0.290. The van der Waals surface area contributed by atoms with E-state index >= 15 is 0 Å². The molecule has 2 amide bonds. The molecule has 3 aromatic carbocycles. The summed E-state index contributed by atoms with van der Waals surface area (Å²) in [6.45, 7) is 2.95. The van der Waals surface area contributed by atoms with E-state index in [9.17, 15) is 14.0 Å². The molecule has 5 rings (SSSR count). The summed E-state index contributed by atoms with van der Waals surface area (Å²) in [5.41, 5.74) is 4.14. The van der Waals surface area contributed by atoms with Gasteiger partial charge in [0.2, 0.25) is 5.91 Å². The Morgan fingerprint density at radius 1 is 1.03 bits per heavy atom. The van der Waals surface area contributed by atoms with Crippen molar-refractivity contribution in [2.45, 2.75) is 50.6 Å². The van der Waals surface area contributed by atoms with Crippen molar-refractivity contribution in [3.05, 3.63) is 112 Å². The summed E-state index contributed by atoms with van der Waals surface area (Å²) in [5, 5.41) is 3.27. The van der Waals surface area contributed by atoms with E-state index in [4.69, 9.17) is 0 Å². The first-order valence-corrected chi connectivity index (χ1v) is 13.7. The van der Waals surface area contributed by atoms with Crippen molar-refractivity contribution in [2.24, 2.45) is 5.92 Å². The van der Waals surface area contributed by atoms with Crippen LogP contribution >= 0.6 is 11.8 Å². The third kappa shape index (κ3) is 6.13. The molecule has 3 atom stereocenters. The second kappa shape index (κ2) is 11.3. The van der Waals surface area contributed by atoms with Gasteiger partial charge in [0.25, 0.3) is 5.91 Å². The molecule has 1 heterocycles. The quantitative estimate of drug-likeness (QED) is 0.404. The highest BCUT2D eigenvalue weighted by Gasteiger charge is 2.44. The second-order valence-corrected chi connectivity index (χ2v) is 11.2. The summed E-state index contributed by atoms with van der Waals surface area (Å²) in [7, 11) is 0. The molecule has 1 saturated carbocycles. The molecule has 6 heteroatoms. The van der Waals surface area contributed by atoms with E-state index < -0.39 is 0 Å². The van der Waals surface area contributed by atoms with Crippen molar-refractivity contribution in [3.63, 3.8) is 0 Å². The minimum Gasteiger partial charge on any atom is -0.352 e. The molecule has 0 bridgehead atoms. The highest BCUT2D eigenvalue weighted by atomic mass is 32.2. The molecular weight excluding hydrogens is 483 g/mol. The van der Waals surface area contributed by atoms with Gasteiger partial charge in [0.05, 0.1) is 4.91 Å². The molecule has 3 aromatic rings. The van der Waals surface area contributed by atoms with Crippen LogP contribution in [0.5, 0.6) is 0 Å². The smallest absolute Gasteiger partial charge is 0.260 e. The summed E-state index contributed by atoms with van der Waals surface area (Å²) < 4.78 is 13.2. The van der Waals surface area contributed by atoms with Crippen molar-refractivity contribution in [2.75, 3.05) is 0 Å².